The molecule has 4 rings (SSSR count). The molecule has 12 nitrogen and oxygen atoms in total. The molecule has 352 valence electrons. The highest BCUT2D eigenvalue weighted by atomic mass is 35.5. The Morgan fingerprint density at radius 2 is 0.846 bits per heavy atom. The van der Waals surface area contributed by atoms with Crippen molar-refractivity contribution in [2.45, 2.75) is 91.5 Å². The Bertz CT molecular complexity index is 2210. The molecule has 0 aliphatic rings. The number of esters is 1. The van der Waals surface area contributed by atoms with Crippen LogP contribution in [0.5, 0.6) is 0 Å². The van der Waals surface area contributed by atoms with E-state index in [2.05, 4.69) is 10.6 Å². The van der Waals surface area contributed by atoms with Crippen molar-refractivity contribution in [1.29, 1.82) is 0 Å². The van der Waals surface area contributed by atoms with Gasteiger partial charge >= 0.3 is 5.97 Å². The number of rotatable bonds is 15. The van der Waals surface area contributed by atoms with E-state index >= 15 is 0 Å². The number of halogens is 5. The average molecular weight is 931 g/mol. The minimum atomic E-state index is -3.34. The first-order valence-corrected chi connectivity index (χ1v) is 20.4. The molecule has 0 bridgehead atoms. The van der Waals surface area contributed by atoms with Crippen LogP contribution in [0.25, 0.3) is 22.3 Å². The van der Waals surface area contributed by atoms with Crippen molar-refractivity contribution in [3.8, 4) is 22.3 Å². The number of aliphatic hydroxyl groups excluding tert-OH is 1. The summed E-state index contributed by atoms with van der Waals surface area (Å²) < 4.78 is 57.8. The number of aliphatic hydroxyl groups is 3. The lowest BCUT2D eigenvalue weighted by Crippen LogP contribution is -2.60. The summed E-state index contributed by atoms with van der Waals surface area (Å²) in [6, 6.07) is 27.5. The topological polar surface area (TPSA) is 196 Å². The number of hydrogen-bond acceptors (Lipinski definition) is 10. The molecule has 0 spiro atoms. The first kappa shape index (κ1) is 55.3. The zero-order chi connectivity index (χ0) is 49.5. The number of benzene rings is 4. The molecular weight excluding hydrogens is 876 g/mol. The third-order valence-corrected chi connectivity index (χ3v) is 10.0. The highest BCUT2D eigenvalue weighted by molar-refractivity contribution is 6.64. The van der Waals surface area contributed by atoms with E-state index in [1.54, 1.807) is 65.8 Å². The largest absolute Gasteiger partial charge is 0.457 e. The minimum absolute atomic E-state index is 0.110. The summed E-state index contributed by atoms with van der Waals surface area (Å²) in [5.74, 6) is -4.51. The number of carbonyl (C=O) groups excluding carboxylic acids is 6. The number of carbonyl (C=O) groups is 6. The number of ketones is 2. The summed E-state index contributed by atoms with van der Waals surface area (Å²) in [6.07, 6.45) is -6.63. The number of nitrogens with one attached hydrogen (secondary N) is 2. The standard InChI is InChI=1S/C24H27F2NO5.C19H19F2NO4.C5H9ClO/c1-23(2,3)22(30)32-14-18(28)19(24(4,31)21(25)26)27-20(29)17-12-10-16(11-13-17)15-8-6-5-7-9-15;1-19(26,18(20)21)16(15(24)11-23)22-17(25)14-9-7-13(8-10-14)12-5-3-2-4-6-12;1-5(2,3)4(6)7/h5-13,19,21,31H,14H2,1-4H3,(H,27,29);2-10,16,18,23,26H,11H2,1H3,(H,22,25);1-3H3/t19-,24+;16-,19+;/m11./s1. The van der Waals surface area contributed by atoms with Crippen molar-refractivity contribution in [3.05, 3.63) is 120 Å². The highest BCUT2D eigenvalue weighted by Gasteiger charge is 2.47. The lowest BCUT2D eigenvalue weighted by molar-refractivity contribution is -0.160. The van der Waals surface area contributed by atoms with Crippen LogP contribution in [0.2, 0.25) is 0 Å². The maximum atomic E-state index is 13.4. The van der Waals surface area contributed by atoms with E-state index in [1.165, 1.54) is 24.3 Å². The summed E-state index contributed by atoms with van der Waals surface area (Å²) in [6.45, 7) is 9.55. The molecule has 0 aromatic heterocycles. The van der Waals surface area contributed by atoms with Crippen LogP contribution < -0.4 is 10.6 Å². The van der Waals surface area contributed by atoms with Gasteiger partial charge in [-0.1, -0.05) is 106 Å². The van der Waals surface area contributed by atoms with E-state index in [1.807, 2.05) is 60.7 Å². The fourth-order valence-corrected chi connectivity index (χ4v) is 5.20. The molecule has 0 radical (unpaired) electrons. The molecule has 0 saturated carbocycles. The normalized spacial score (nSPS) is 14.1. The molecule has 4 atom stereocenters. The third kappa shape index (κ3) is 16.6. The zero-order valence-electron chi connectivity index (χ0n) is 37.2. The second kappa shape index (κ2) is 23.9. The number of Topliss-reactive ketones (excluding diaryl/α,β-unsaturated/α-hetero) is 2. The Kier molecular flexibility index (Phi) is 20.4. The van der Waals surface area contributed by atoms with Crippen LogP contribution in [0.4, 0.5) is 17.6 Å². The number of hydrogen-bond donors (Lipinski definition) is 5. The summed E-state index contributed by atoms with van der Waals surface area (Å²) in [5.41, 5.74) is -3.17. The second-order valence-electron chi connectivity index (χ2n) is 17.2. The van der Waals surface area contributed by atoms with Gasteiger partial charge in [-0.15, -0.1) is 0 Å². The van der Waals surface area contributed by atoms with E-state index in [0.29, 0.717) is 0 Å². The summed E-state index contributed by atoms with van der Waals surface area (Å²) >= 11 is 5.11. The quantitative estimate of drug-likeness (QED) is 0.0454. The molecule has 4 aromatic rings. The van der Waals surface area contributed by atoms with Crippen LogP contribution >= 0.6 is 11.6 Å². The molecule has 0 aliphatic heterocycles. The lowest BCUT2D eigenvalue weighted by atomic mass is 9.92. The minimum Gasteiger partial charge on any atom is -0.457 e. The van der Waals surface area contributed by atoms with Crippen molar-refractivity contribution in [2.75, 3.05) is 13.2 Å². The van der Waals surface area contributed by atoms with E-state index in [0.717, 1.165) is 36.1 Å². The fourth-order valence-electron chi connectivity index (χ4n) is 5.20. The fraction of sp³-hybridized carbons (Fsp3) is 0.375. The molecule has 0 heterocycles. The first-order valence-electron chi connectivity index (χ1n) is 20.0. The summed E-state index contributed by atoms with van der Waals surface area (Å²) in [7, 11) is 0. The first-order chi connectivity index (χ1) is 30.0. The van der Waals surface area contributed by atoms with Gasteiger partial charge in [0.05, 0.1) is 5.41 Å². The van der Waals surface area contributed by atoms with Gasteiger partial charge in [-0.2, -0.15) is 0 Å². The number of amides is 2. The van der Waals surface area contributed by atoms with Gasteiger partial charge in [-0.25, -0.2) is 17.6 Å². The van der Waals surface area contributed by atoms with Crippen molar-refractivity contribution in [1.82, 2.24) is 10.6 Å². The van der Waals surface area contributed by atoms with Gasteiger partial charge in [0, 0.05) is 16.5 Å². The smallest absolute Gasteiger partial charge is 0.311 e. The molecule has 4 aromatic carbocycles. The van der Waals surface area contributed by atoms with E-state index in [4.69, 9.17) is 21.4 Å². The Morgan fingerprint density at radius 1 is 0.538 bits per heavy atom. The average Bonchev–Trinajstić information content (AvgIpc) is 3.26. The SMILES string of the molecule is CC(C)(C)C(=O)Cl.CC(C)(C)C(=O)OCC(=O)[C@@H](NC(=O)c1ccc(-c2ccccc2)cc1)[C@](C)(O)C(F)F.C[C@@](O)(C(F)F)[C@H](NC(=O)c1ccc(-c2ccccc2)cc1)C(=O)CO. The number of ether oxygens (including phenoxy) is 1. The predicted molar refractivity (Wildman–Crippen MR) is 237 cm³/mol. The van der Waals surface area contributed by atoms with Crippen molar-refractivity contribution >= 4 is 46.2 Å². The third-order valence-electron chi connectivity index (χ3n) is 9.46. The van der Waals surface area contributed by atoms with Crippen LogP contribution in [-0.4, -0.2) is 99.3 Å². The lowest BCUT2D eigenvalue weighted by Gasteiger charge is -2.31. The Labute approximate surface area is 380 Å². The maximum absolute atomic E-state index is 13.4. The van der Waals surface area contributed by atoms with E-state index in [9.17, 15) is 56.5 Å². The van der Waals surface area contributed by atoms with Gasteiger partial charge in [0.15, 0.2) is 18.2 Å². The maximum Gasteiger partial charge on any atom is 0.311 e. The van der Waals surface area contributed by atoms with Crippen LogP contribution in [0, 0.1) is 10.8 Å². The molecule has 65 heavy (non-hydrogen) atoms. The molecule has 5 N–H and O–H groups in total. The predicted octanol–water partition coefficient (Wildman–Crippen LogP) is 7.45. The second-order valence-corrected chi connectivity index (χ2v) is 17.5. The summed E-state index contributed by atoms with van der Waals surface area (Å²) in [5, 5.41) is 33.0. The molecule has 2 amide bonds. The van der Waals surface area contributed by atoms with Gasteiger partial charge in [-0.3, -0.25) is 28.8 Å². The van der Waals surface area contributed by atoms with E-state index < -0.39 is 84.1 Å². The monoisotopic (exact) mass is 930 g/mol. The van der Waals surface area contributed by atoms with E-state index in [-0.39, 0.29) is 21.8 Å². The van der Waals surface area contributed by atoms with Crippen molar-refractivity contribution in [3.63, 3.8) is 0 Å². The molecule has 0 fully saturated rings. The molecule has 0 saturated heterocycles. The molecule has 0 aliphatic carbocycles. The van der Waals surface area contributed by atoms with Gasteiger partial charge < -0.3 is 30.7 Å². The van der Waals surface area contributed by atoms with Crippen LogP contribution in [0.15, 0.2) is 109 Å². The van der Waals surface area contributed by atoms with Crippen molar-refractivity contribution in [2.24, 2.45) is 10.8 Å². The van der Waals surface area contributed by atoms with Crippen molar-refractivity contribution < 1.29 is 66.4 Å². The molecule has 17 heteroatoms. The zero-order valence-corrected chi connectivity index (χ0v) is 38.0. The van der Waals surface area contributed by atoms with Gasteiger partial charge in [0.1, 0.15) is 29.9 Å². The van der Waals surface area contributed by atoms with Gasteiger partial charge in [0.25, 0.3) is 24.7 Å². The summed E-state index contributed by atoms with van der Waals surface area (Å²) in [4.78, 5) is 71.3. The Morgan fingerprint density at radius 3 is 1.12 bits per heavy atom. The van der Waals surface area contributed by atoms with Crippen LogP contribution in [0.1, 0.15) is 76.1 Å². The number of alkyl halides is 4. The Balaban J connectivity index is 0.000000395. The molecule has 0 unspecified atom stereocenters. The van der Waals surface area contributed by atoms with Gasteiger partial charge in [0.2, 0.25) is 5.24 Å². The highest BCUT2D eigenvalue weighted by Crippen LogP contribution is 2.25. The van der Waals surface area contributed by atoms with Crippen LogP contribution in [-0.2, 0) is 23.9 Å². The molecular formula is C48H55ClF4N2O10. The Hall–Kier alpha value is -5.81. The van der Waals surface area contributed by atoms with Crippen LogP contribution in [0.3, 0.4) is 0 Å². The van der Waals surface area contributed by atoms with Gasteiger partial charge in [-0.05, 0) is 92.7 Å².